The number of aromatic nitrogens is 2. The Bertz CT molecular complexity index is 694. The third-order valence-corrected chi connectivity index (χ3v) is 4.73. The van der Waals surface area contributed by atoms with Crippen LogP contribution in [0.3, 0.4) is 0 Å². The summed E-state index contributed by atoms with van der Waals surface area (Å²) in [6.07, 6.45) is 5.61. The van der Waals surface area contributed by atoms with Gasteiger partial charge in [0.15, 0.2) is 0 Å². The van der Waals surface area contributed by atoms with Gasteiger partial charge in [0.25, 0.3) is 0 Å². The van der Waals surface area contributed by atoms with Gasteiger partial charge in [-0.15, -0.1) is 0 Å². The lowest BCUT2D eigenvalue weighted by Crippen LogP contribution is -2.32. The Labute approximate surface area is 143 Å². The maximum Gasteiger partial charge on any atom is 0.224 e. The van der Waals surface area contributed by atoms with Gasteiger partial charge in [-0.1, -0.05) is 24.3 Å². The maximum absolute atomic E-state index is 12.2. The summed E-state index contributed by atoms with van der Waals surface area (Å²) in [6.45, 7) is 5.90. The second-order valence-corrected chi connectivity index (χ2v) is 6.82. The normalized spacial score (nSPS) is 18.0. The summed E-state index contributed by atoms with van der Waals surface area (Å²) in [7, 11) is 1.94. The van der Waals surface area contributed by atoms with Crippen LogP contribution in [-0.2, 0) is 24.8 Å². The number of carbonyl (C=O) groups excluding carboxylic acids is 1. The van der Waals surface area contributed by atoms with Crippen LogP contribution < -0.4 is 5.32 Å². The molecule has 1 aliphatic rings. The monoisotopic (exact) mass is 326 g/mol. The summed E-state index contributed by atoms with van der Waals surface area (Å²) in [4.78, 5) is 14.6. The zero-order chi connectivity index (χ0) is 16.9. The number of rotatable bonds is 6. The van der Waals surface area contributed by atoms with Gasteiger partial charge in [-0.25, -0.2) is 0 Å². The molecule has 24 heavy (non-hydrogen) atoms. The van der Waals surface area contributed by atoms with Crippen LogP contribution in [0.15, 0.2) is 36.7 Å². The van der Waals surface area contributed by atoms with Gasteiger partial charge in [0.2, 0.25) is 5.91 Å². The van der Waals surface area contributed by atoms with Gasteiger partial charge in [0.05, 0.1) is 12.6 Å². The van der Waals surface area contributed by atoms with Gasteiger partial charge in [-0.05, 0) is 36.9 Å². The standard InChI is InChI=1S/C19H26N4O/c1-15-5-3-4-6-18(15)9-19(24)20-10-16-7-8-23(13-16)14-17-11-21-22(2)12-17/h3-6,11-12,16H,7-10,13-14H2,1-2H3,(H,20,24)/t16-/m1/s1. The predicted octanol–water partition coefficient (Wildman–Crippen LogP) is 1.91. The summed E-state index contributed by atoms with van der Waals surface area (Å²) < 4.78 is 1.84. The highest BCUT2D eigenvalue weighted by Gasteiger charge is 2.23. The van der Waals surface area contributed by atoms with Gasteiger partial charge in [-0.3, -0.25) is 14.4 Å². The van der Waals surface area contributed by atoms with Crippen molar-refractivity contribution >= 4 is 5.91 Å². The number of nitrogens with one attached hydrogen (secondary N) is 1. The van der Waals surface area contributed by atoms with E-state index in [1.165, 1.54) is 11.1 Å². The van der Waals surface area contributed by atoms with Crippen LogP contribution in [0.25, 0.3) is 0 Å². The molecule has 2 heterocycles. The molecule has 5 heteroatoms. The number of carbonyl (C=O) groups is 1. The summed E-state index contributed by atoms with van der Waals surface area (Å²) >= 11 is 0. The third kappa shape index (κ3) is 4.45. The van der Waals surface area contributed by atoms with E-state index in [1.807, 2.05) is 36.1 Å². The molecule has 5 nitrogen and oxygen atoms in total. The van der Waals surface area contributed by atoms with Crippen molar-refractivity contribution in [2.24, 2.45) is 13.0 Å². The van der Waals surface area contributed by atoms with Crippen LogP contribution in [0.1, 0.15) is 23.1 Å². The predicted molar refractivity (Wildman–Crippen MR) is 94.5 cm³/mol. The Morgan fingerprint density at radius 3 is 2.96 bits per heavy atom. The fraction of sp³-hybridized carbons (Fsp3) is 0.474. The van der Waals surface area contributed by atoms with E-state index in [4.69, 9.17) is 0 Å². The zero-order valence-electron chi connectivity index (χ0n) is 14.5. The molecule has 0 bridgehead atoms. The minimum atomic E-state index is 0.120. The van der Waals surface area contributed by atoms with Gasteiger partial charge >= 0.3 is 0 Å². The van der Waals surface area contributed by atoms with Crippen molar-refractivity contribution < 1.29 is 4.79 Å². The van der Waals surface area contributed by atoms with Gasteiger partial charge < -0.3 is 5.32 Å². The second kappa shape index (κ2) is 7.62. The second-order valence-electron chi connectivity index (χ2n) is 6.82. The van der Waals surface area contributed by atoms with Crippen LogP contribution in [0.4, 0.5) is 0 Å². The molecule has 128 valence electrons. The molecule has 0 spiro atoms. The quantitative estimate of drug-likeness (QED) is 0.882. The molecule has 1 fully saturated rings. The Morgan fingerprint density at radius 2 is 2.21 bits per heavy atom. The first kappa shape index (κ1) is 16.7. The Morgan fingerprint density at radius 1 is 1.38 bits per heavy atom. The molecule has 0 saturated carbocycles. The number of amides is 1. The smallest absolute Gasteiger partial charge is 0.224 e. The molecule has 0 unspecified atom stereocenters. The highest BCUT2D eigenvalue weighted by molar-refractivity contribution is 5.78. The molecule has 0 aliphatic carbocycles. The number of hydrogen-bond donors (Lipinski definition) is 1. The molecule has 3 rings (SSSR count). The van der Waals surface area contributed by atoms with Crippen molar-refractivity contribution in [1.82, 2.24) is 20.0 Å². The van der Waals surface area contributed by atoms with E-state index in [0.717, 1.165) is 38.2 Å². The highest BCUT2D eigenvalue weighted by atomic mass is 16.1. The van der Waals surface area contributed by atoms with E-state index >= 15 is 0 Å². The van der Waals surface area contributed by atoms with Crippen LogP contribution in [0.5, 0.6) is 0 Å². The van der Waals surface area contributed by atoms with Gasteiger partial charge in [0, 0.05) is 38.4 Å². The third-order valence-electron chi connectivity index (χ3n) is 4.73. The van der Waals surface area contributed by atoms with Crippen LogP contribution in [-0.4, -0.2) is 40.2 Å². The van der Waals surface area contributed by atoms with E-state index in [0.29, 0.717) is 12.3 Å². The van der Waals surface area contributed by atoms with Crippen LogP contribution in [0.2, 0.25) is 0 Å². The molecule has 1 N–H and O–H groups in total. The molecule has 1 aromatic heterocycles. The Balaban J connectivity index is 1.41. The summed E-state index contributed by atoms with van der Waals surface area (Å²) in [5.41, 5.74) is 3.54. The number of likely N-dealkylation sites (tertiary alicyclic amines) is 1. The first-order chi connectivity index (χ1) is 11.6. The number of nitrogens with zero attached hydrogens (tertiary/aromatic N) is 3. The van der Waals surface area contributed by atoms with Crippen LogP contribution in [0, 0.1) is 12.8 Å². The van der Waals surface area contributed by atoms with E-state index in [9.17, 15) is 4.79 Å². The van der Waals surface area contributed by atoms with Crippen molar-refractivity contribution in [3.63, 3.8) is 0 Å². The number of hydrogen-bond acceptors (Lipinski definition) is 3. The minimum Gasteiger partial charge on any atom is -0.355 e. The van der Waals surface area contributed by atoms with Crippen molar-refractivity contribution in [2.45, 2.75) is 26.3 Å². The molecule has 1 saturated heterocycles. The molecule has 1 amide bonds. The van der Waals surface area contributed by atoms with E-state index in [2.05, 4.69) is 34.5 Å². The van der Waals surface area contributed by atoms with Crippen molar-refractivity contribution in [1.29, 1.82) is 0 Å². The first-order valence-corrected chi connectivity index (χ1v) is 8.61. The topological polar surface area (TPSA) is 50.2 Å². The fourth-order valence-corrected chi connectivity index (χ4v) is 3.34. The van der Waals surface area contributed by atoms with E-state index < -0.39 is 0 Å². The lowest BCUT2D eigenvalue weighted by Gasteiger charge is -2.15. The molecular weight excluding hydrogens is 300 g/mol. The summed E-state index contributed by atoms with van der Waals surface area (Å²) in [5, 5.41) is 7.32. The molecule has 1 atom stereocenters. The maximum atomic E-state index is 12.2. The molecule has 0 radical (unpaired) electrons. The van der Waals surface area contributed by atoms with Crippen LogP contribution >= 0.6 is 0 Å². The number of aryl methyl sites for hydroxylation is 2. The lowest BCUT2D eigenvalue weighted by atomic mass is 10.1. The van der Waals surface area contributed by atoms with Gasteiger partial charge in [-0.2, -0.15) is 5.10 Å². The number of benzene rings is 1. The van der Waals surface area contributed by atoms with E-state index in [1.54, 1.807) is 0 Å². The molecule has 2 aromatic rings. The zero-order valence-corrected chi connectivity index (χ0v) is 14.5. The SMILES string of the molecule is Cc1ccccc1CC(=O)NC[C@H]1CCN(Cc2cnn(C)c2)C1. The average Bonchev–Trinajstić information content (AvgIpc) is 3.17. The Kier molecular flexibility index (Phi) is 5.30. The Hall–Kier alpha value is -2.14. The van der Waals surface area contributed by atoms with Crippen molar-refractivity contribution in [2.75, 3.05) is 19.6 Å². The van der Waals surface area contributed by atoms with Crippen molar-refractivity contribution in [3.05, 3.63) is 53.3 Å². The summed E-state index contributed by atoms with van der Waals surface area (Å²) in [6, 6.07) is 8.07. The first-order valence-electron chi connectivity index (χ1n) is 8.61. The summed E-state index contributed by atoms with van der Waals surface area (Å²) in [5.74, 6) is 0.664. The van der Waals surface area contributed by atoms with Crippen molar-refractivity contribution in [3.8, 4) is 0 Å². The van der Waals surface area contributed by atoms with E-state index in [-0.39, 0.29) is 5.91 Å². The van der Waals surface area contributed by atoms with Gasteiger partial charge in [0.1, 0.15) is 0 Å². The minimum absolute atomic E-state index is 0.120. The molecule has 1 aromatic carbocycles. The highest BCUT2D eigenvalue weighted by Crippen LogP contribution is 2.18. The molecule has 1 aliphatic heterocycles. The molecular formula is C19H26N4O. The largest absolute Gasteiger partial charge is 0.355 e. The lowest BCUT2D eigenvalue weighted by molar-refractivity contribution is -0.120. The fourth-order valence-electron chi connectivity index (χ4n) is 3.34. The average molecular weight is 326 g/mol.